The van der Waals surface area contributed by atoms with Crippen LogP contribution in [-0.2, 0) is 4.74 Å². The fourth-order valence-electron chi connectivity index (χ4n) is 3.60. The maximum absolute atomic E-state index is 13.2. The number of ether oxygens (including phenoxy) is 1. The monoisotopic (exact) mass is 490 g/mol. The molecule has 0 spiro atoms. The molecule has 0 radical (unpaired) electrons. The highest BCUT2D eigenvalue weighted by Crippen LogP contribution is 2.37. The van der Waals surface area contributed by atoms with Crippen LogP contribution in [0.4, 0.5) is 16.3 Å². The number of amides is 1. The van der Waals surface area contributed by atoms with Gasteiger partial charge in [0.2, 0.25) is 5.82 Å². The highest BCUT2D eigenvalue weighted by atomic mass is 16.6. The average Bonchev–Trinajstić information content (AvgIpc) is 2.85. The van der Waals surface area contributed by atoms with Crippen molar-refractivity contribution >= 4 is 23.4 Å². The van der Waals surface area contributed by atoms with Crippen molar-refractivity contribution in [2.24, 2.45) is 0 Å². The Morgan fingerprint density at radius 1 is 1.03 bits per heavy atom. The lowest BCUT2D eigenvalue weighted by atomic mass is 9.93. The Morgan fingerprint density at radius 2 is 1.69 bits per heavy atom. The molecule has 0 aliphatic carbocycles. The number of pyridine rings is 1. The first kappa shape index (κ1) is 26.3. The van der Waals surface area contributed by atoms with Gasteiger partial charge in [-0.25, -0.2) is 9.78 Å². The van der Waals surface area contributed by atoms with Gasteiger partial charge in [0.25, 0.3) is 0 Å². The molecule has 1 aromatic heterocycles. The summed E-state index contributed by atoms with van der Waals surface area (Å²) in [5.74, 6) is -0.128. The second-order valence-electron chi connectivity index (χ2n) is 9.24. The lowest BCUT2D eigenvalue weighted by Gasteiger charge is -2.24. The third-order valence-corrected chi connectivity index (χ3v) is 5.27. The van der Waals surface area contributed by atoms with Gasteiger partial charge in [-0.05, 0) is 38.8 Å². The molecule has 0 saturated carbocycles. The van der Waals surface area contributed by atoms with Gasteiger partial charge in [0.05, 0.1) is 10.5 Å². The van der Waals surface area contributed by atoms with Gasteiger partial charge in [-0.3, -0.25) is 14.9 Å². The minimum absolute atomic E-state index is 0.0967. The Balaban J connectivity index is 1.81. The number of hydrogen-bond donors (Lipinski definition) is 1. The van der Waals surface area contributed by atoms with Gasteiger partial charge in [0.1, 0.15) is 5.60 Å². The molecule has 0 aliphatic heterocycles. The van der Waals surface area contributed by atoms with E-state index in [0.717, 1.165) is 0 Å². The van der Waals surface area contributed by atoms with Crippen LogP contribution >= 0.6 is 0 Å². The van der Waals surface area contributed by atoms with E-state index in [1.54, 1.807) is 76.3 Å². The summed E-state index contributed by atoms with van der Waals surface area (Å²) in [4.78, 5) is 42.5. The van der Waals surface area contributed by atoms with E-state index in [4.69, 9.17) is 4.74 Å². The molecule has 0 atom stereocenters. The largest absolute Gasteiger partial charge is 0.444 e. The van der Waals surface area contributed by atoms with E-state index in [1.807, 2.05) is 6.07 Å². The molecular formula is C27H30N4O5. The van der Waals surface area contributed by atoms with E-state index < -0.39 is 16.6 Å². The van der Waals surface area contributed by atoms with Gasteiger partial charge in [0.15, 0.2) is 5.78 Å². The van der Waals surface area contributed by atoms with Crippen LogP contribution in [0.15, 0.2) is 66.9 Å². The van der Waals surface area contributed by atoms with Crippen molar-refractivity contribution in [3.05, 3.63) is 88.1 Å². The topological polar surface area (TPSA) is 115 Å². The number of carbonyl (C=O) groups is 2. The fourth-order valence-corrected chi connectivity index (χ4v) is 3.60. The molecule has 0 aliphatic rings. The van der Waals surface area contributed by atoms with Crippen molar-refractivity contribution < 1.29 is 19.2 Å². The van der Waals surface area contributed by atoms with Crippen molar-refractivity contribution in [3.63, 3.8) is 0 Å². The number of rotatable bonds is 9. The summed E-state index contributed by atoms with van der Waals surface area (Å²) >= 11 is 0. The Bertz CT molecular complexity index is 1240. The molecule has 3 aromatic rings. The van der Waals surface area contributed by atoms with Crippen LogP contribution in [0.2, 0.25) is 0 Å². The molecule has 188 valence electrons. The van der Waals surface area contributed by atoms with Crippen molar-refractivity contribution in [1.29, 1.82) is 0 Å². The number of ketones is 1. The molecule has 2 aromatic carbocycles. The maximum Gasteiger partial charge on any atom is 0.410 e. The van der Waals surface area contributed by atoms with E-state index in [9.17, 15) is 19.7 Å². The summed E-state index contributed by atoms with van der Waals surface area (Å²) in [6.07, 6.45) is 1.55. The summed E-state index contributed by atoms with van der Waals surface area (Å²) in [5.41, 5.74) is 0.798. The Hall–Kier alpha value is -4.27. The SMILES string of the molecule is CN(CCCNc1nccc(-c2ccccc2C(=O)c2ccccc2)c1[N+](=O)[O-])C(=O)OC(C)(C)C. The molecule has 0 bridgehead atoms. The van der Waals surface area contributed by atoms with Crippen LogP contribution in [0.5, 0.6) is 0 Å². The van der Waals surface area contributed by atoms with Crippen LogP contribution in [0, 0.1) is 10.1 Å². The average molecular weight is 491 g/mol. The lowest BCUT2D eigenvalue weighted by molar-refractivity contribution is -0.383. The second kappa shape index (κ2) is 11.4. The van der Waals surface area contributed by atoms with Gasteiger partial charge in [-0.2, -0.15) is 0 Å². The number of nitrogens with one attached hydrogen (secondary N) is 1. The molecule has 0 saturated heterocycles. The number of anilines is 1. The number of carbonyl (C=O) groups excluding carboxylic acids is 2. The first-order valence-corrected chi connectivity index (χ1v) is 11.6. The third kappa shape index (κ3) is 6.65. The zero-order valence-corrected chi connectivity index (χ0v) is 20.9. The normalized spacial score (nSPS) is 11.0. The van der Waals surface area contributed by atoms with Crippen LogP contribution in [0.3, 0.4) is 0 Å². The van der Waals surface area contributed by atoms with Crippen LogP contribution in [0.1, 0.15) is 43.1 Å². The van der Waals surface area contributed by atoms with Crippen LogP contribution in [0.25, 0.3) is 11.1 Å². The van der Waals surface area contributed by atoms with Gasteiger partial charge < -0.3 is 15.0 Å². The molecular weight excluding hydrogens is 460 g/mol. The van der Waals surface area contributed by atoms with Gasteiger partial charge in [-0.1, -0.05) is 54.6 Å². The second-order valence-corrected chi connectivity index (χ2v) is 9.24. The Kier molecular flexibility index (Phi) is 8.37. The number of hydrogen-bond acceptors (Lipinski definition) is 7. The van der Waals surface area contributed by atoms with E-state index in [-0.39, 0.29) is 17.3 Å². The molecule has 1 N–H and O–H groups in total. The highest BCUT2D eigenvalue weighted by Gasteiger charge is 2.26. The number of nitro groups is 1. The van der Waals surface area contributed by atoms with E-state index in [1.165, 1.54) is 17.2 Å². The van der Waals surface area contributed by atoms with Crippen molar-refractivity contribution in [3.8, 4) is 11.1 Å². The predicted octanol–water partition coefficient (Wildman–Crippen LogP) is 5.56. The molecule has 36 heavy (non-hydrogen) atoms. The standard InChI is InChI=1S/C27H30N4O5/c1-27(2,3)36-26(33)30(4)18-10-16-28-25-23(31(34)35)21(15-17-29-25)20-13-8-9-14-22(20)24(32)19-11-6-5-7-12-19/h5-9,11-15,17H,10,16,18H2,1-4H3,(H,28,29). The molecule has 9 heteroatoms. The van der Waals surface area contributed by atoms with Gasteiger partial charge in [-0.15, -0.1) is 0 Å². The van der Waals surface area contributed by atoms with Crippen LogP contribution < -0.4 is 5.32 Å². The van der Waals surface area contributed by atoms with E-state index in [0.29, 0.717) is 41.8 Å². The minimum atomic E-state index is -0.591. The minimum Gasteiger partial charge on any atom is -0.444 e. The summed E-state index contributed by atoms with van der Waals surface area (Å²) in [5, 5.41) is 15.1. The predicted molar refractivity (Wildman–Crippen MR) is 138 cm³/mol. The van der Waals surface area contributed by atoms with Gasteiger partial charge >= 0.3 is 11.8 Å². The first-order chi connectivity index (χ1) is 17.1. The zero-order chi connectivity index (χ0) is 26.3. The molecule has 9 nitrogen and oxygen atoms in total. The van der Waals surface area contributed by atoms with E-state index >= 15 is 0 Å². The summed E-state index contributed by atoms with van der Waals surface area (Å²) in [6.45, 7) is 6.12. The number of nitrogens with zero attached hydrogens (tertiary/aromatic N) is 3. The van der Waals surface area contributed by atoms with Crippen molar-refractivity contribution in [2.75, 3.05) is 25.5 Å². The summed E-state index contributed by atoms with van der Waals surface area (Å²) < 4.78 is 5.33. The third-order valence-electron chi connectivity index (χ3n) is 5.27. The molecule has 1 amide bonds. The summed E-state index contributed by atoms with van der Waals surface area (Å²) in [6, 6.07) is 17.1. The van der Waals surface area contributed by atoms with Crippen LogP contribution in [-0.4, -0.2) is 52.4 Å². The van der Waals surface area contributed by atoms with Crippen molar-refractivity contribution in [2.45, 2.75) is 32.8 Å². The Morgan fingerprint density at radius 3 is 2.36 bits per heavy atom. The lowest BCUT2D eigenvalue weighted by Crippen LogP contribution is -2.35. The molecule has 3 rings (SSSR count). The Labute approximate surface area is 210 Å². The van der Waals surface area contributed by atoms with E-state index in [2.05, 4.69) is 10.3 Å². The zero-order valence-electron chi connectivity index (χ0n) is 20.9. The van der Waals surface area contributed by atoms with Gasteiger partial charge in [0, 0.05) is 37.5 Å². The number of aromatic nitrogens is 1. The smallest absolute Gasteiger partial charge is 0.410 e. The summed E-state index contributed by atoms with van der Waals surface area (Å²) in [7, 11) is 1.63. The molecule has 0 fully saturated rings. The number of benzene rings is 2. The van der Waals surface area contributed by atoms with Crippen molar-refractivity contribution in [1.82, 2.24) is 9.88 Å². The maximum atomic E-state index is 13.2. The molecule has 0 unspecified atom stereocenters. The molecule has 1 heterocycles. The quantitative estimate of drug-likeness (QED) is 0.181. The fraction of sp³-hybridized carbons (Fsp3) is 0.296. The first-order valence-electron chi connectivity index (χ1n) is 11.6. The highest BCUT2D eigenvalue weighted by molar-refractivity contribution is 6.13.